The number of ketones is 1. The molecule has 2 rings (SSSR count). The summed E-state index contributed by atoms with van der Waals surface area (Å²) in [5.74, 6) is 5.35. The number of nitrogen functional groups attached to an aromatic ring is 1. The summed E-state index contributed by atoms with van der Waals surface area (Å²) < 4.78 is 5.56. The van der Waals surface area contributed by atoms with Crippen LogP contribution >= 0.6 is 11.3 Å². The van der Waals surface area contributed by atoms with Crippen molar-refractivity contribution in [3.8, 4) is 5.75 Å². The average Bonchev–Trinajstić information content (AvgIpc) is 3.01. The highest BCUT2D eigenvalue weighted by molar-refractivity contribution is 7.11. The van der Waals surface area contributed by atoms with Crippen LogP contribution in [0.15, 0.2) is 29.6 Å². The third kappa shape index (κ3) is 3.87. The molecular formula is C14H15N3O3S. The zero-order chi connectivity index (χ0) is 15.2. The highest BCUT2D eigenvalue weighted by atomic mass is 32.1. The van der Waals surface area contributed by atoms with E-state index >= 15 is 0 Å². The summed E-state index contributed by atoms with van der Waals surface area (Å²) in [4.78, 5) is 26.9. The first-order valence-corrected chi connectivity index (χ1v) is 7.23. The zero-order valence-electron chi connectivity index (χ0n) is 11.5. The molecule has 21 heavy (non-hydrogen) atoms. The van der Waals surface area contributed by atoms with Crippen molar-refractivity contribution in [2.45, 2.75) is 20.0 Å². The van der Waals surface area contributed by atoms with E-state index in [1.165, 1.54) is 11.3 Å². The number of nitrogens with zero attached hydrogens (tertiary/aromatic N) is 1. The summed E-state index contributed by atoms with van der Waals surface area (Å²) in [6, 6.07) is 6.94. The van der Waals surface area contributed by atoms with Gasteiger partial charge in [-0.3, -0.25) is 15.0 Å². The second-order valence-corrected chi connectivity index (χ2v) is 5.07. The van der Waals surface area contributed by atoms with Gasteiger partial charge in [0, 0.05) is 17.4 Å². The highest BCUT2D eigenvalue weighted by Gasteiger charge is 2.10. The number of rotatable bonds is 6. The van der Waals surface area contributed by atoms with Crippen molar-refractivity contribution in [1.82, 2.24) is 10.4 Å². The third-order valence-electron chi connectivity index (χ3n) is 2.76. The molecule has 1 aromatic heterocycles. The van der Waals surface area contributed by atoms with Gasteiger partial charge in [-0.2, -0.15) is 0 Å². The number of thiazole rings is 1. The maximum absolute atomic E-state index is 11.5. The molecule has 3 N–H and O–H groups in total. The molecule has 0 aliphatic rings. The number of benzene rings is 1. The summed E-state index contributed by atoms with van der Waals surface area (Å²) in [7, 11) is 0. The molecule has 0 radical (unpaired) electrons. The summed E-state index contributed by atoms with van der Waals surface area (Å²) in [5, 5.41) is 2.03. The minimum atomic E-state index is -0.423. The molecule has 0 aliphatic carbocycles. The first kappa shape index (κ1) is 15.1. The molecule has 1 heterocycles. The Morgan fingerprint density at radius 2 is 2.05 bits per heavy atom. The highest BCUT2D eigenvalue weighted by Crippen LogP contribution is 2.16. The molecule has 2 aromatic rings. The molecule has 0 aliphatic heterocycles. The number of carbonyl (C=O) groups excluding carboxylic acids is 2. The smallest absolute Gasteiger partial charge is 0.294 e. The minimum Gasteiger partial charge on any atom is -0.487 e. The van der Waals surface area contributed by atoms with Gasteiger partial charge in [-0.05, 0) is 24.3 Å². The minimum absolute atomic E-state index is 0.0958. The summed E-state index contributed by atoms with van der Waals surface area (Å²) >= 11 is 1.20. The average molecular weight is 305 g/mol. The largest absolute Gasteiger partial charge is 0.487 e. The van der Waals surface area contributed by atoms with Crippen molar-refractivity contribution in [1.29, 1.82) is 0 Å². The van der Waals surface area contributed by atoms with Gasteiger partial charge < -0.3 is 4.74 Å². The van der Waals surface area contributed by atoms with Gasteiger partial charge in [0.25, 0.3) is 5.91 Å². The van der Waals surface area contributed by atoms with Gasteiger partial charge in [0.15, 0.2) is 10.8 Å². The van der Waals surface area contributed by atoms with E-state index in [2.05, 4.69) is 4.98 Å². The normalized spacial score (nSPS) is 10.2. The Balaban J connectivity index is 1.95. The molecule has 0 bridgehead atoms. The SMILES string of the molecule is CCC(=O)c1ccc(OCc2csc(C(=O)NN)n2)cc1. The van der Waals surface area contributed by atoms with E-state index in [-0.39, 0.29) is 12.4 Å². The fourth-order valence-corrected chi connectivity index (χ4v) is 2.34. The predicted octanol–water partition coefficient (Wildman–Crippen LogP) is 1.92. The van der Waals surface area contributed by atoms with Crippen molar-refractivity contribution in [2.24, 2.45) is 5.84 Å². The fourth-order valence-electron chi connectivity index (χ4n) is 1.64. The van der Waals surface area contributed by atoms with Crippen molar-refractivity contribution in [3.05, 3.63) is 45.9 Å². The van der Waals surface area contributed by atoms with Gasteiger partial charge >= 0.3 is 0 Å². The van der Waals surface area contributed by atoms with Crippen LogP contribution in [0.5, 0.6) is 5.75 Å². The first-order chi connectivity index (χ1) is 10.1. The van der Waals surface area contributed by atoms with Crippen LogP contribution in [-0.2, 0) is 6.61 Å². The molecule has 7 heteroatoms. The lowest BCUT2D eigenvalue weighted by atomic mass is 10.1. The molecule has 0 unspecified atom stereocenters. The van der Waals surface area contributed by atoms with E-state index in [4.69, 9.17) is 10.6 Å². The van der Waals surface area contributed by atoms with Crippen LogP contribution < -0.4 is 16.0 Å². The molecule has 0 spiro atoms. The number of ether oxygens (including phenoxy) is 1. The number of hydrogen-bond donors (Lipinski definition) is 2. The van der Waals surface area contributed by atoms with Gasteiger partial charge in [0.05, 0.1) is 5.69 Å². The molecular weight excluding hydrogens is 290 g/mol. The lowest BCUT2D eigenvalue weighted by Gasteiger charge is -2.05. The van der Waals surface area contributed by atoms with Crippen molar-refractivity contribution in [3.63, 3.8) is 0 Å². The molecule has 1 aromatic carbocycles. The Morgan fingerprint density at radius 1 is 1.33 bits per heavy atom. The van der Waals surface area contributed by atoms with Crippen LogP contribution in [0.2, 0.25) is 0 Å². The number of Topliss-reactive ketones (excluding diaryl/α,β-unsaturated/α-hetero) is 1. The number of aromatic nitrogens is 1. The van der Waals surface area contributed by atoms with Crippen LogP contribution in [0.3, 0.4) is 0 Å². The van der Waals surface area contributed by atoms with Crippen LogP contribution in [0, 0.1) is 0 Å². The number of amides is 1. The summed E-state index contributed by atoms with van der Waals surface area (Å²) in [6.07, 6.45) is 0.477. The van der Waals surface area contributed by atoms with Crippen LogP contribution in [-0.4, -0.2) is 16.7 Å². The Kier molecular flexibility index (Phi) is 5.02. The predicted molar refractivity (Wildman–Crippen MR) is 79.2 cm³/mol. The van der Waals surface area contributed by atoms with Gasteiger partial charge in [-0.15, -0.1) is 11.3 Å². The standard InChI is InChI=1S/C14H15N3O3S/c1-2-12(18)9-3-5-11(6-4-9)20-7-10-8-21-14(16-10)13(19)17-15/h3-6,8H,2,7,15H2,1H3,(H,17,19). The van der Waals surface area contributed by atoms with E-state index < -0.39 is 5.91 Å². The number of hydrogen-bond acceptors (Lipinski definition) is 6. The van der Waals surface area contributed by atoms with E-state index in [9.17, 15) is 9.59 Å². The number of nitrogens with two attached hydrogens (primary N) is 1. The maximum atomic E-state index is 11.5. The quantitative estimate of drug-likeness (QED) is 0.368. The van der Waals surface area contributed by atoms with Crippen LogP contribution in [0.1, 0.15) is 39.2 Å². The molecule has 110 valence electrons. The van der Waals surface area contributed by atoms with Crippen molar-refractivity contribution in [2.75, 3.05) is 0 Å². The second-order valence-electron chi connectivity index (χ2n) is 4.21. The Morgan fingerprint density at radius 3 is 2.67 bits per heavy atom. The number of hydrazine groups is 1. The molecule has 1 amide bonds. The molecule has 0 saturated carbocycles. The lowest BCUT2D eigenvalue weighted by Crippen LogP contribution is -2.29. The van der Waals surface area contributed by atoms with Gasteiger partial charge in [-0.1, -0.05) is 6.92 Å². The monoisotopic (exact) mass is 305 g/mol. The summed E-state index contributed by atoms with van der Waals surface area (Å²) in [6.45, 7) is 2.07. The fraction of sp³-hybridized carbons (Fsp3) is 0.214. The Labute approximate surface area is 125 Å². The number of nitrogens with one attached hydrogen (secondary N) is 1. The molecule has 6 nitrogen and oxygen atoms in total. The first-order valence-electron chi connectivity index (χ1n) is 6.35. The van der Waals surface area contributed by atoms with E-state index in [1.807, 2.05) is 12.3 Å². The van der Waals surface area contributed by atoms with Crippen molar-refractivity contribution < 1.29 is 14.3 Å². The van der Waals surface area contributed by atoms with Crippen LogP contribution in [0.25, 0.3) is 0 Å². The van der Waals surface area contributed by atoms with E-state index in [0.717, 1.165) is 0 Å². The van der Waals surface area contributed by atoms with Gasteiger partial charge in [-0.25, -0.2) is 10.8 Å². The molecule has 0 atom stereocenters. The Bertz CT molecular complexity index is 637. The maximum Gasteiger partial charge on any atom is 0.294 e. The van der Waals surface area contributed by atoms with Gasteiger partial charge in [0.2, 0.25) is 0 Å². The van der Waals surface area contributed by atoms with Crippen molar-refractivity contribution >= 4 is 23.0 Å². The van der Waals surface area contributed by atoms with E-state index in [1.54, 1.807) is 29.6 Å². The molecule has 0 fully saturated rings. The van der Waals surface area contributed by atoms with Gasteiger partial charge in [0.1, 0.15) is 12.4 Å². The third-order valence-corrected chi connectivity index (χ3v) is 3.65. The van der Waals surface area contributed by atoms with Crippen LogP contribution in [0.4, 0.5) is 0 Å². The summed E-state index contributed by atoms with van der Waals surface area (Å²) in [5.41, 5.74) is 3.34. The lowest BCUT2D eigenvalue weighted by molar-refractivity contribution is 0.0951. The van der Waals surface area contributed by atoms with E-state index in [0.29, 0.717) is 28.4 Å². The number of carbonyl (C=O) groups is 2. The zero-order valence-corrected chi connectivity index (χ0v) is 12.3. The Hall–Kier alpha value is -2.25. The molecule has 0 saturated heterocycles. The second kappa shape index (κ2) is 6.96. The topological polar surface area (TPSA) is 94.3 Å².